The molecular formula is C11H21NO2S. The van der Waals surface area contributed by atoms with Gasteiger partial charge in [-0.25, -0.2) is 0 Å². The van der Waals surface area contributed by atoms with Gasteiger partial charge in [-0.15, -0.1) is 0 Å². The number of thioether (sulfide) groups is 1. The predicted molar refractivity (Wildman–Crippen MR) is 64.2 cm³/mol. The molecule has 0 radical (unpaired) electrons. The Balaban J connectivity index is 2.26. The maximum Gasteiger partial charge on any atom is 0.323 e. The van der Waals surface area contributed by atoms with Crippen molar-refractivity contribution >= 4 is 17.7 Å². The lowest BCUT2D eigenvalue weighted by Gasteiger charge is -2.16. The highest BCUT2D eigenvalue weighted by Crippen LogP contribution is 2.20. The second-order valence-electron chi connectivity index (χ2n) is 3.88. The summed E-state index contributed by atoms with van der Waals surface area (Å²) in [7, 11) is 0. The van der Waals surface area contributed by atoms with E-state index in [4.69, 9.17) is 4.74 Å². The molecule has 1 rings (SSSR count). The molecule has 0 aromatic carbocycles. The Labute approximate surface area is 96.3 Å². The van der Waals surface area contributed by atoms with Crippen molar-refractivity contribution in [3.05, 3.63) is 0 Å². The van der Waals surface area contributed by atoms with Crippen molar-refractivity contribution in [2.45, 2.75) is 44.7 Å². The summed E-state index contributed by atoms with van der Waals surface area (Å²) in [5, 5.41) is 3.35. The fourth-order valence-electron chi connectivity index (χ4n) is 1.48. The first-order chi connectivity index (χ1) is 7.27. The molecule has 1 saturated carbocycles. The lowest BCUT2D eigenvalue weighted by molar-refractivity contribution is -0.145. The molecule has 1 N–H and O–H groups in total. The molecule has 0 aromatic rings. The van der Waals surface area contributed by atoms with Crippen LogP contribution in [-0.4, -0.2) is 36.7 Å². The van der Waals surface area contributed by atoms with Gasteiger partial charge in [0.2, 0.25) is 0 Å². The second kappa shape index (κ2) is 7.12. The summed E-state index contributed by atoms with van der Waals surface area (Å²) >= 11 is 1.82. The van der Waals surface area contributed by atoms with E-state index in [9.17, 15) is 4.79 Å². The van der Waals surface area contributed by atoms with Gasteiger partial charge in [-0.3, -0.25) is 4.79 Å². The molecule has 1 aliphatic carbocycles. The normalized spacial score (nSPS) is 17.5. The van der Waals surface area contributed by atoms with Gasteiger partial charge >= 0.3 is 5.97 Å². The van der Waals surface area contributed by atoms with Crippen molar-refractivity contribution in [3.63, 3.8) is 0 Å². The SMILES string of the molecule is CCOC(=O)C(CCCSC)NC1CC1. The minimum atomic E-state index is -0.0791. The van der Waals surface area contributed by atoms with Gasteiger partial charge in [0.25, 0.3) is 0 Å². The number of hydrogen-bond acceptors (Lipinski definition) is 4. The van der Waals surface area contributed by atoms with E-state index in [0.29, 0.717) is 12.6 Å². The van der Waals surface area contributed by atoms with Crippen LogP contribution in [0.15, 0.2) is 0 Å². The largest absolute Gasteiger partial charge is 0.465 e. The molecule has 15 heavy (non-hydrogen) atoms. The number of carbonyl (C=O) groups excluding carboxylic acids is 1. The Morgan fingerprint density at radius 1 is 1.60 bits per heavy atom. The first kappa shape index (κ1) is 12.8. The molecule has 1 aliphatic rings. The highest BCUT2D eigenvalue weighted by Gasteiger charge is 2.28. The van der Waals surface area contributed by atoms with Gasteiger partial charge in [-0.1, -0.05) is 0 Å². The van der Waals surface area contributed by atoms with Crippen LogP contribution in [0, 0.1) is 0 Å². The van der Waals surface area contributed by atoms with Crippen molar-refractivity contribution < 1.29 is 9.53 Å². The van der Waals surface area contributed by atoms with E-state index in [1.165, 1.54) is 12.8 Å². The van der Waals surface area contributed by atoms with Crippen molar-refractivity contribution in [2.75, 3.05) is 18.6 Å². The Hall–Kier alpha value is -0.220. The van der Waals surface area contributed by atoms with Crippen LogP contribution in [0.2, 0.25) is 0 Å². The van der Waals surface area contributed by atoms with Gasteiger partial charge in [-0.2, -0.15) is 11.8 Å². The zero-order valence-electron chi connectivity index (χ0n) is 9.62. The zero-order chi connectivity index (χ0) is 11.1. The van der Waals surface area contributed by atoms with E-state index in [2.05, 4.69) is 11.6 Å². The van der Waals surface area contributed by atoms with Crippen molar-refractivity contribution in [1.82, 2.24) is 5.32 Å². The summed E-state index contributed by atoms with van der Waals surface area (Å²) in [6.45, 7) is 2.33. The quantitative estimate of drug-likeness (QED) is 0.511. The maximum atomic E-state index is 11.6. The summed E-state index contributed by atoms with van der Waals surface area (Å²) in [5.41, 5.74) is 0. The van der Waals surface area contributed by atoms with E-state index in [1.54, 1.807) is 0 Å². The molecule has 0 aromatic heterocycles. The number of nitrogens with one attached hydrogen (secondary N) is 1. The third kappa shape index (κ3) is 5.42. The van der Waals surface area contributed by atoms with Gasteiger partial charge in [0, 0.05) is 6.04 Å². The van der Waals surface area contributed by atoms with Crippen molar-refractivity contribution in [1.29, 1.82) is 0 Å². The van der Waals surface area contributed by atoms with Gasteiger partial charge in [0.05, 0.1) is 6.61 Å². The van der Waals surface area contributed by atoms with Crippen LogP contribution in [0.4, 0.5) is 0 Å². The molecule has 88 valence electrons. The monoisotopic (exact) mass is 231 g/mol. The Morgan fingerprint density at radius 3 is 2.87 bits per heavy atom. The van der Waals surface area contributed by atoms with Crippen LogP contribution >= 0.6 is 11.8 Å². The zero-order valence-corrected chi connectivity index (χ0v) is 10.4. The lowest BCUT2D eigenvalue weighted by atomic mass is 10.1. The summed E-state index contributed by atoms with van der Waals surface area (Å²) < 4.78 is 5.06. The molecule has 1 fully saturated rings. The van der Waals surface area contributed by atoms with Crippen LogP contribution < -0.4 is 5.32 Å². The van der Waals surface area contributed by atoms with Crippen molar-refractivity contribution in [3.8, 4) is 0 Å². The Kier molecular flexibility index (Phi) is 6.10. The first-order valence-electron chi connectivity index (χ1n) is 5.69. The summed E-state index contributed by atoms with van der Waals surface area (Å²) in [5.74, 6) is 1.04. The molecule has 0 amide bonds. The lowest BCUT2D eigenvalue weighted by Crippen LogP contribution is -2.39. The van der Waals surface area contributed by atoms with Gasteiger partial charge in [0.15, 0.2) is 0 Å². The molecule has 1 atom stereocenters. The highest BCUT2D eigenvalue weighted by molar-refractivity contribution is 7.98. The van der Waals surface area contributed by atoms with Gasteiger partial charge < -0.3 is 10.1 Å². The van der Waals surface area contributed by atoms with Crippen LogP contribution in [0.3, 0.4) is 0 Å². The fourth-order valence-corrected chi connectivity index (χ4v) is 1.93. The molecule has 3 nitrogen and oxygen atoms in total. The minimum Gasteiger partial charge on any atom is -0.465 e. The Morgan fingerprint density at radius 2 is 2.33 bits per heavy atom. The number of rotatable bonds is 8. The van der Waals surface area contributed by atoms with Crippen LogP contribution in [-0.2, 0) is 9.53 Å². The third-order valence-electron chi connectivity index (χ3n) is 2.43. The average molecular weight is 231 g/mol. The number of esters is 1. The van der Waals surface area contributed by atoms with E-state index in [1.807, 2.05) is 18.7 Å². The molecule has 0 saturated heterocycles. The van der Waals surface area contributed by atoms with E-state index >= 15 is 0 Å². The maximum absolute atomic E-state index is 11.6. The molecule has 1 unspecified atom stereocenters. The predicted octanol–water partition coefficient (Wildman–Crippen LogP) is 1.81. The van der Waals surface area contributed by atoms with Crippen molar-refractivity contribution in [2.24, 2.45) is 0 Å². The van der Waals surface area contributed by atoms with E-state index < -0.39 is 0 Å². The minimum absolute atomic E-state index is 0.0782. The highest BCUT2D eigenvalue weighted by atomic mass is 32.2. The molecule has 0 heterocycles. The van der Waals surface area contributed by atoms with Crippen LogP contribution in [0.1, 0.15) is 32.6 Å². The van der Waals surface area contributed by atoms with Crippen LogP contribution in [0.25, 0.3) is 0 Å². The third-order valence-corrected chi connectivity index (χ3v) is 3.12. The molecule has 0 spiro atoms. The topological polar surface area (TPSA) is 38.3 Å². The molecule has 4 heteroatoms. The summed E-state index contributed by atoms with van der Waals surface area (Å²) in [6, 6.07) is 0.485. The molecule has 0 aliphatic heterocycles. The first-order valence-corrected chi connectivity index (χ1v) is 7.09. The number of hydrogen-bond donors (Lipinski definition) is 1. The standard InChI is InChI=1S/C11H21NO2S/c1-3-14-11(13)10(5-4-8-15-2)12-9-6-7-9/h9-10,12H,3-8H2,1-2H3. The second-order valence-corrected chi connectivity index (χ2v) is 4.87. The fraction of sp³-hybridized carbons (Fsp3) is 0.909. The van der Waals surface area contributed by atoms with E-state index in [0.717, 1.165) is 18.6 Å². The summed E-state index contributed by atoms with van der Waals surface area (Å²) in [4.78, 5) is 11.6. The molecular weight excluding hydrogens is 210 g/mol. The number of carbonyl (C=O) groups is 1. The van der Waals surface area contributed by atoms with Gasteiger partial charge in [0.1, 0.15) is 6.04 Å². The van der Waals surface area contributed by atoms with Gasteiger partial charge in [-0.05, 0) is 44.6 Å². The Bertz CT molecular complexity index is 195. The molecule has 0 bridgehead atoms. The van der Waals surface area contributed by atoms with Crippen LogP contribution in [0.5, 0.6) is 0 Å². The smallest absolute Gasteiger partial charge is 0.323 e. The van der Waals surface area contributed by atoms with E-state index in [-0.39, 0.29) is 12.0 Å². The average Bonchev–Trinajstić information content (AvgIpc) is 3.01. The number of ether oxygens (including phenoxy) is 1. The summed E-state index contributed by atoms with van der Waals surface area (Å²) in [6.07, 6.45) is 6.48.